The van der Waals surface area contributed by atoms with Gasteiger partial charge in [0.1, 0.15) is 11.6 Å². The van der Waals surface area contributed by atoms with Gasteiger partial charge in [0.15, 0.2) is 0 Å². The van der Waals surface area contributed by atoms with Gasteiger partial charge in [-0.15, -0.1) is 0 Å². The van der Waals surface area contributed by atoms with E-state index in [9.17, 15) is 0 Å². The van der Waals surface area contributed by atoms with Crippen LogP contribution in [-0.4, -0.2) is 22.6 Å². The minimum absolute atomic E-state index is 0.121. The maximum atomic E-state index is 6.26. The van der Waals surface area contributed by atoms with Crippen molar-refractivity contribution in [2.24, 2.45) is 0 Å². The molecule has 2 aromatic carbocycles. The summed E-state index contributed by atoms with van der Waals surface area (Å²) in [4.78, 5) is 7.92. The molecule has 0 spiro atoms. The Hall–Kier alpha value is -2.04. The Balaban J connectivity index is 1.50. The van der Waals surface area contributed by atoms with Crippen LogP contribution in [-0.2, 0) is 13.0 Å². The molecule has 0 saturated heterocycles. The normalized spacial score (nSPS) is 11.3. The lowest BCUT2D eigenvalue weighted by Gasteiger charge is -2.12. The van der Waals surface area contributed by atoms with E-state index in [0.29, 0.717) is 5.02 Å². The lowest BCUT2D eigenvalue weighted by Crippen LogP contribution is -2.17. The first-order valence-corrected chi connectivity index (χ1v) is 8.59. The van der Waals surface area contributed by atoms with Crippen LogP contribution < -0.4 is 10.1 Å². The van der Waals surface area contributed by atoms with Gasteiger partial charge in [0.25, 0.3) is 0 Å². The van der Waals surface area contributed by atoms with Gasteiger partial charge in [0.05, 0.1) is 22.2 Å². The molecule has 126 valence electrons. The Morgan fingerprint density at radius 1 is 1.21 bits per heavy atom. The predicted octanol–water partition coefficient (Wildman–Crippen LogP) is 4.34. The number of hydrogen-bond donors (Lipinski definition) is 2. The van der Waals surface area contributed by atoms with E-state index < -0.39 is 0 Å². The van der Waals surface area contributed by atoms with Crippen molar-refractivity contribution in [1.82, 2.24) is 15.3 Å². The first kappa shape index (κ1) is 16.8. The maximum absolute atomic E-state index is 6.26. The highest BCUT2D eigenvalue weighted by Crippen LogP contribution is 2.26. The molecule has 0 unspecified atom stereocenters. The number of H-pyrrole nitrogens is 1. The minimum atomic E-state index is 0.121. The number of fused-ring (bicyclic) bond motifs is 1. The molecule has 4 nitrogen and oxygen atoms in total. The van der Waals surface area contributed by atoms with Crippen LogP contribution in [0, 0.1) is 0 Å². The van der Waals surface area contributed by atoms with Crippen LogP contribution in [0.15, 0.2) is 42.5 Å². The largest absolute Gasteiger partial charge is 0.489 e. The monoisotopic (exact) mass is 343 g/mol. The summed E-state index contributed by atoms with van der Waals surface area (Å²) < 4.78 is 5.65. The number of hydrogen-bond acceptors (Lipinski definition) is 3. The van der Waals surface area contributed by atoms with Crippen molar-refractivity contribution < 1.29 is 4.74 Å². The van der Waals surface area contributed by atoms with Crippen molar-refractivity contribution in [2.45, 2.75) is 32.9 Å². The van der Waals surface area contributed by atoms with Crippen LogP contribution in [0.4, 0.5) is 0 Å². The van der Waals surface area contributed by atoms with Gasteiger partial charge in [0, 0.05) is 19.5 Å². The van der Waals surface area contributed by atoms with E-state index in [0.717, 1.165) is 47.7 Å². The van der Waals surface area contributed by atoms with Gasteiger partial charge in [-0.3, -0.25) is 0 Å². The van der Waals surface area contributed by atoms with Gasteiger partial charge in [0.2, 0.25) is 0 Å². The SMILES string of the molecule is CC(C)Oc1ccc(CNCCc2nc3ccccc3[nH]2)cc1Cl. The van der Waals surface area contributed by atoms with Crippen molar-refractivity contribution in [3.63, 3.8) is 0 Å². The zero-order valence-corrected chi connectivity index (χ0v) is 14.7. The van der Waals surface area contributed by atoms with Gasteiger partial charge < -0.3 is 15.0 Å². The van der Waals surface area contributed by atoms with Crippen LogP contribution in [0.5, 0.6) is 5.75 Å². The molecule has 0 saturated carbocycles. The summed E-state index contributed by atoms with van der Waals surface area (Å²) in [6, 6.07) is 14.0. The molecule has 24 heavy (non-hydrogen) atoms. The number of nitrogens with one attached hydrogen (secondary N) is 2. The summed E-state index contributed by atoms with van der Waals surface area (Å²) in [5.74, 6) is 1.74. The van der Waals surface area contributed by atoms with E-state index in [-0.39, 0.29) is 6.10 Å². The molecule has 3 aromatic rings. The molecule has 0 aliphatic rings. The summed E-state index contributed by atoms with van der Waals surface area (Å²) in [5, 5.41) is 4.08. The van der Waals surface area contributed by atoms with E-state index >= 15 is 0 Å². The number of halogens is 1. The summed E-state index contributed by atoms with van der Waals surface area (Å²) in [5.41, 5.74) is 3.24. The predicted molar refractivity (Wildman–Crippen MR) is 98.7 cm³/mol. The fraction of sp³-hybridized carbons (Fsp3) is 0.316. The number of aromatic nitrogens is 2. The van der Waals surface area contributed by atoms with Crippen molar-refractivity contribution in [3.05, 3.63) is 58.9 Å². The van der Waals surface area contributed by atoms with Gasteiger partial charge in [-0.25, -0.2) is 4.98 Å². The maximum Gasteiger partial charge on any atom is 0.138 e. The average Bonchev–Trinajstić information content (AvgIpc) is 2.96. The van der Waals surface area contributed by atoms with E-state index in [1.165, 1.54) is 0 Å². The average molecular weight is 344 g/mol. The van der Waals surface area contributed by atoms with Crippen LogP contribution in [0.25, 0.3) is 11.0 Å². The number of aromatic amines is 1. The van der Waals surface area contributed by atoms with E-state index in [2.05, 4.69) is 15.3 Å². The quantitative estimate of drug-likeness (QED) is 0.627. The Kier molecular flexibility index (Phi) is 5.38. The Morgan fingerprint density at radius 3 is 2.79 bits per heavy atom. The highest BCUT2D eigenvalue weighted by Gasteiger charge is 2.05. The van der Waals surface area contributed by atoms with Crippen LogP contribution in [0.2, 0.25) is 5.02 Å². The third-order valence-electron chi connectivity index (χ3n) is 3.67. The number of ether oxygens (including phenoxy) is 1. The van der Waals surface area contributed by atoms with Crippen molar-refractivity contribution >= 4 is 22.6 Å². The molecular weight excluding hydrogens is 322 g/mol. The zero-order valence-electron chi connectivity index (χ0n) is 14.0. The van der Waals surface area contributed by atoms with Crippen LogP contribution >= 0.6 is 11.6 Å². The molecule has 2 N–H and O–H groups in total. The first-order valence-electron chi connectivity index (χ1n) is 8.21. The molecule has 0 aliphatic heterocycles. The minimum Gasteiger partial charge on any atom is -0.489 e. The van der Waals surface area contributed by atoms with E-state index in [1.807, 2.05) is 56.3 Å². The van der Waals surface area contributed by atoms with Gasteiger partial charge >= 0.3 is 0 Å². The Bertz CT molecular complexity index is 780. The van der Waals surface area contributed by atoms with Gasteiger partial charge in [-0.05, 0) is 43.7 Å². The number of nitrogens with zero attached hydrogens (tertiary/aromatic N) is 1. The zero-order chi connectivity index (χ0) is 16.9. The fourth-order valence-corrected chi connectivity index (χ4v) is 2.82. The van der Waals surface area contributed by atoms with Crippen molar-refractivity contribution in [2.75, 3.05) is 6.54 Å². The highest BCUT2D eigenvalue weighted by molar-refractivity contribution is 6.32. The molecule has 0 fully saturated rings. The molecule has 1 heterocycles. The summed E-state index contributed by atoms with van der Waals surface area (Å²) >= 11 is 6.26. The molecular formula is C19H22ClN3O. The summed E-state index contributed by atoms with van der Waals surface area (Å²) in [7, 11) is 0. The lowest BCUT2D eigenvalue weighted by molar-refractivity contribution is 0.242. The lowest BCUT2D eigenvalue weighted by atomic mass is 10.2. The third kappa shape index (κ3) is 4.28. The number of rotatable bonds is 7. The van der Waals surface area contributed by atoms with Crippen molar-refractivity contribution in [1.29, 1.82) is 0 Å². The third-order valence-corrected chi connectivity index (χ3v) is 3.96. The second kappa shape index (κ2) is 7.69. The summed E-state index contributed by atoms with van der Waals surface area (Å²) in [6.45, 7) is 5.59. The highest BCUT2D eigenvalue weighted by atomic mass is 35.5. The molecule has 1 aromatic heterocycles. The van der Waals surface area contributed by atoms with Crippen LogP contribution in [0.3, 0.4) is 0 Å². The number of para-hydroxylation sites is 2. The summed E-state index contributed by atoms with van der Waals surface area (Å²) in [6.07, 6.45) is 0.979. The standard InChI is InChI=1S/C19H22ClN3O/c1-13(2)24-18-8-7-14(11-15(18)20)12-21-10-9-19-22-16-5-3-4-6-17(16)23-19/h3-8,11,13,21H,9-10,12H2,1-2H3,(H,22,23). The Morgan fingerprint density at radius 2 is 2.04 bits per heavy atom. The molecule has 3 rings (SSSR count). The molecule has 0 bridgehead atoms. The Labute approximate surface area is 147 Å². The van der Waals surface area contributed by atoms with E-state index in [1.54, 1.807) is 0 Å². The van der Waals surface area contributed by atoms with Gasteiger partial charge in [-0.2, -0.15) is 0 Å². The molecule has 5 heteroatoms. The number of benzene rings is 2. The molecule has 0 radical (unpaired) electrons. The topological polar surface area (TPSA) is 49.9 Å². The second-order valence-corrected chi connectivity index (χ2v) is 6.47. The van der Waals surface area contributed by atoms with Crippen molar-refractivity contribution in [3.8, 4) is 5.75 Å². The molecule has 0 amide bonds. The smallest absolute Gasteiger partial charge is 0.138 e. The molecule has 0 atom stereocenters. The van der Waals surface area contributed by atoms with Crippen LogP contribution in [0.1, 0.15) is 25.2 Å². The fourth-order valence-electron chi connectivity index (χ4n) is 2.57. The van der Waals surface area contributed by atoms with E-state index in [4.69, 9.17) is 16.3 Å². The molecule has 0 aliphatic carbocycles. The first-order chi connectivity index (χ1) is 11.6. The van der Waals surface area contributed by atoms with Gasteiger partial charge in [-0.1, -0.05) is 29.8 Å². The number of imidazole rings is 1. The second-order valence-electron chi connectivity index (χ2n) is 6.06.